The van der Waals surface area contributed by atoms with Crippen molar-refractivity contribution < 1.29 is 36.3 Å². The molecule has 0 aliphatic carbocycles. The van der Waals surface area contributed by atoms with Crippen molar-refractivity contribution in [1.29, 1.82) is 0 Å². The van der Waals surface area contributed by atoms with Gasteiger partial charge < -0.3 is 5.32 Å². The Bertz CT molecular complexity index is 1170. The average Bonchev–Trinajstić information content (AvgIpc) is 2.81. The van der Waals surface area contributed by atoms with E-state index in [-0.39, 0.29) is 5.69 Å². The zero-order valence-electron chi connectivity index (χ0n) is 17.8. The Hall–Kier alpha value is -4.05. The lowest BCUT2D eigenvalue weighted by atomic mass is 9.95. The van der Waals surface area contributed by atoms with Gasteiger partial charge in [0.15, 0.2) is 0 Å². The number of rotatable bonds is 6. The smallest absolute Gasteiger partial charge is 0.321 e. The van der Waals surface area contributed by atoms with E-state index in [1.807, 2.05) is 5.48 Å². The van der Waals surface area contributed by atoms with Crippen molar-refractivity contribution >= 4 is 22.9 Å². The molecule has 3 aromatic rings. The molecule has 0 saturated carbocycles. The van der Waals surface area contributed by atoms with Gasteiger partial charge in [0.25, 0.3) is 0 Å². The lowest BCUT2D eigenvalue weighted by Crippen LogP contribution is -2.09. The molecule has 0 spiro atoms. The first-order chi connectivity index (χ1) is 16.5. The van der Waals surface area contributed by atoms with E-state index < -0.39 is 29.4 Å². The second-order valence-corrected chi connectivity index (χ2v) is 7.24. The molecule has 4 nitrogen and oxygen atoms in total. The number of hydrogen-bond acceptors (Lipinski definition) is 3. The van der Waals surface area contributed by atoms with Crippen LogP contribution in [0.25, 0.3) is 5.57 Å². The first-order valence-electron chi connectivity index (χ1n) is 10.0. The molecule has 3 rings (SSSR count). The third-order valence-corrected chi connectivity index (χ3v) is 4.86. The minimum atomic E-state index is -4.55. The Morgan fingerprint density at radius 3 is 1.60 bits per heavy atom. The fraction of sp³-hybridized carbons (Fsp3) is 0.0800. The monoisotopic (exact) mass is 492 g/mol. The van der Waals surface area contributed by atoms with Crippen molar-refractivity contribution in [2.24, 2.45) is 0 Å². The van der Waals surface area contributed by atoms with E-state index in [1.54, 1.807) is 12.1 Å². The number of benzene rings is 3. The van der Waals surface area contributed by atoms with Gasteiger partial charge in [-0.25, -0.2) is 0 Å². The quantitative estimate of drug-likeness (QED) is 0.148. The fourth-order valence-corrected chi connectivity index (χ4v) is 3.13. The number of allylic oxidation sites excluding steroid dienone is 2. The van der Waals surface area contributed by atoms with E-state index in [4.69, 9.17) is 5.21 Å². The van der Waals surface area contributed by atoms with Gasteiger partial charge in [0.1, 0.15) is 0 Å². The Morgan fingerprint density at radius 1 is 0.714 bits per heavy atom. The molecule has 0 heterocycles. The van der Waals surface area contributed by atoms with Gasteiger partial charge in [-0.15, -0.1) is 0 Å². The molecule has 3 aromatic carbocycles. The van der Waals surface area contributed by atoms with Gasteiger partial charge in [0.2, 0.25) is 5.91 Å². The molecule has 10 heteroatoms. The summed E-state index contributed by atoms with van der Waals surface area (Å²) >= 11 is 0. The van der Waals surface area contributed by atoms with Crippen LogP contribution in [-0.2, 0) is 17.1 Å². The van der Waals surface area contributed by atoms with Gasteiger partial charge in [-0.1, -0.05) is 48.6 Å². The summed E-state index contributed by atoms with van der Waals surface area (Å²) in [6, 6.07) is 14.6. The molecule has 182 valence electrons. The van der Waals surface area contributed by atoms with Crippen LogP contribution in [0.5, 0.6) is 0 Å². The second kappa shape index (κ2) is 10.5. The zero-order valence-corrected chi connectivity index (χ0v) is 17.8. The van der Waals surface area contributed by atoms with E-state index in [0.717, 1.165) is 30.3 Å². The summed E-state index contributed by atoms with van der Waals surface area (Å²) in [6.45, 7) is 0. The van der Waals surface area contributed by atoms with Crippen LogP contribution in [0.3, 0.4) is 0 Å². The Kier molecular flexibility index (Phi) is 7.65. The highest BCUT2D eigenvalue weighted by Gasteiger charge is 2.31. The van der Waals surface area contributed by atoms with Crippen LogP contribution < -0.4 is 10.8 Å². The van der Waals surface area contributed by atoms with Crippen LogP contribution in [0.2, 0.25) is 0 Å². The number of amides is 1. The zero-order chi connectivity index (χ0) is 25.6. The summed E-state index contributed by atoms with van der Waals surface area (Å²) in [7, 11) is 0. The van der Waals surface area contributed by atoms with Crippen LogP contribution in [0.4, 0.5) is 37.7 Å². The maximum Gasteiger partial charge on any atom is 0.416 e. The minimum Gasteiger partial charge on any atom is -0.321 e. The molecule has 0 bridgehead atoms. The van der Waals surface area contributed by atoms with Gasteiger partial charge in [0, 0.05) is 6.08 Å². The van der Waals surface area contributed by atoms with E-state index in [1.165, 1.54) is 48.6 Å². The van der Waals surface area contributed by atoms with Crippen molar-refractivity contribution in [2.45, 2.75) is 12.4 Å². The molecule has 0 fully saturated rings. The first-order valence-corrected chi connectivity index (χ1v) is 10.0. The van der Waals surface area contributed by atoms with Crippen molar-refractivity contribution in [2.75, 3.05) is 10.8 Å². The number of alkyl halides is 6. The largest absolute Gasteiger partial charge is 0.416 e. The number of anilines is 2. The van der Waals surface area contributed by atoms with Crippen LogP contribution in [0.15, 0.2) is 91.0 Å². The van der Waals surface area contributed by atoms with E-state index in [2.05, 4.69) is 5.32 Å². The number of carbonyl (C=O) groups is 1. The third kappa shape index (κ3) is 6.73. The second-order valence-electron chi connectivity index (χ2n) is 7.24. The van der Waals surface area contributed by atoms with E-state index >= 15 is 0 Å². The Morgan fingerprint density at radius 2 is 1.17 bits per heavy atom. The lowest BCUT2D eigenvalue weighted by Gasteiger charge is -2.12. The van der Waals surface area contributed by atoms with Gasteiger partial charge in [0.05, 0.1) is 22.5 Å². The molecule has 0 aromatic heterocycles. The van der Waals surface area contributed by atoms with E-state index in [0.29, 0.717) is 22.4 Å². The molecular weight excluding hydrogens is 474 g/mol. The number of carbonyl (C=O) groups excluding carboxylic acids is 1. The van der Waals surface area contributed by atoms with E-state index in [9.17, 15) is 31.1 Å². The van der Waals surface area contributed by atoms with Crippen LogP contribution >= 0.6 is 0 Å². The molecule has 0 saturated heterocycles. The average molecular weight is 492 g/mol. The summed E-state index contributed by atoms with van der Waals surface area (Å²) in [4.78, 5) is 12.3. The molecule has 0 atom stereocenters. The number of para-hydroxylation sites is 2. The fourth-order valence-electron chi connectivity index (χ4n) is 3.13. The topological polar surface area (TPSA) is 61.4 Å². The normalized spacial score (nSPS) is 11.9. The van der Waals surface area contributed by atoms with Crippen molar-refractivity contribution in [1.82, 2.24) is 0 Å². The van der Waals surface area contributed by atoms with Gasteiger partial charge in [-0.3, -0.25) is 15.5 Å². The first kappa shape index (κ1) is 25.6. The number of halogens is 6. The predicted octanol–water partition coefficient (Wildman–Crippen LogP) is 7.15. The maximum absolute atomic E-state index is 12.9. The molecule has 0 aliphatic heterocycles. The van der Waals surface area contributed by atoms with Crippen molar-refractivity contribution in [3.05, 3.63) is 113 Å². The summed E-state index contributed by atoms with van der Waals surface area (Å²) in [6.07, 6.45) is -5.25. The summed E-state index contributed by atoms with van der Waals surface area (Å²) in [5.74, 6) is -0.580. The van der Waals surface area contributed by atoms with Gasteiger partial charge in [-0.2, -0.15) is 26.3 Å². The molecule has 3 N–H and O–H groups in total. The van der Waals surface area contributed by atoms with Crippen molar-refractivity contribution in [3.8, 4) is 0 Å². The van der Waals surface area contributed by atoms with Gasteiger partial charge >= 0.3 is 12.4 Å². The third-order valence-electron chi connectivity index (χ3n) is 4.86. The molecule has 0 radical (unpaired) electrons. The standard InChI is InChI=1S/C25H18F6N2O2/c26-24(27,28)18-12-8-16(9-13-18)20(17-10-14-19(15-11-17)25(29,30)31)4-3-7-23(34)32-21-5-1-2-6-22(21)33-35/h1-15,33,35H,(H,32,34). The number of hydrogen-bond donors (Lipinski definition) is 3. The molecular formula is C25H18F6N2O2. The van der Waals surface area contributed by atoms with Gasteiger partial charge in [-0.05, 0) is 53.1 Å². The minimum absolute atomic E-state index is 0.250. The van der Waals surface area contributed by atoms with Crippen LogP contribution in [0, 0.1) is 0 Å². The van der Waals surface area contributed by atoms with Crippen LogP contribution in [0.1, 0.15) is 22.3 Å². The maximum atomic E-state index is 12.9. The number of nitrogens with one attached hydrogen (secondary N) is 2. The summed E-state index contributed by atoms with van der Waals surface area (Å²) < 4.78 is 77.6. The summed E-state index contributed by atoms with van der Waals surface area (Å²) in [5, 5.41) is 11.6. The molecule has 0 aliphatic rings. The molecule has 0 unspecified atom stereocenters. The molecule has 1 amide bonds. The highest BCUT2D eigenvalue weighted by atomic mass is 19.4. The highest BCUT2D eigenvalue weighted by Crippen LogP contribution is 2.33. The van der Waals surface area contributed by atoms with Crippen molar-refractivity contribution in [3.63, 3.8) is 0 Å². The Balaban J connectivity index is 1.92. The SMILES string of the molecule is O=C(C=CC=C(c1ccc(C(F)(F)F)cc1)c1ccc(C(F)(F)F)cc1)Nc1ccccc1NO. The summed E-state index contributed by atoms with van der Waals surface area (Å²) in [5.41, 5.74) is 1.63. The highest BCUT2D eigenvalue weighted by molar-refractivity contribution is 6.01. The lowest BCUT2D eigenvalue weighted by molar-refractivity contribution is -0.138. The predicted molar refractivity (Wildman–Crippen MR) is 120 cm³/mol. The van der Waals surface area contributed by atoms with Crippen LogP contribution in [-0.4, -0.2) is 11.1 Å². The molecule has 35 heavy (non-hydrogen) atoms. The Labute approximate surface area is 196 Å².